The molecule has 0 fully saturated rings. The van der Waals surface area contributed by atoms with E-state index >= 15 is 0 Å². The van der Waals surface area contributed by atoms with Crippen LogP contribution >= 0.6 is 11.3 Å². The third kappa shape index (κ3) is 2.80. The van der Waals surface area contributed by atoms with E-state index in [0.29, 0.717) is 16.2 Å². The van der Waals surface area contributed by atoms with Gasteiger partial charge in [-0.3, -0.25) is 9.20 Å². The van der Waals surface area contributed by atoms with Crippen molar-refractivity contribution in [1.29, 1.82) is 0 Å². The first-order valence-corrected chi connectivity index (χ1v) is 7.79. The van der Waals surface area contributed by atoms with Crippen LogP contribution in [-0.2, 0) is 0 Å². The summed E-state index contributed by atoms with van der Waals surface area (Å²) in [4.78, 5) is 28.3. The van der Waals surface area contributed by atoms with Gasteiger partial charge in [0.05, 0.1) is 5.69 Å². The van der Waals surface area contributed by atoms with Crippen LogP contribution in [-0.4, -0.2) is 20.5 Å². The van der Waals surface area contributed by atoms with E-state index in [2.05, 4.69) is 4.98 Å². The molecule has 0 saturated heterocycles. The average Bonchev–Trinajstić information content (AvgIpc) is 2.95. The Hall–Kier alpha value is -2.73. The van der Waals surface area contributed by atoms with Gasteiger partial charge in [0, 0.05) is 11.8 Å². The summed E-state index contributed by atoms with van der Waals surface area (Å²) in [6, 6.07) is 7.91. The molecule has 0 aliphatic heterocycles. The molecule has 0 saturated carbocycles. The average molecular weight is 326 g/mol. The highest BCUT2D eigenvalue weighted by molar-refractivity contribution is 7.18. The first kappa shape index (κ1) is 15.2. The maximum atomic E-state index is 12.4. The third-order valence-corrected chi connectivity index (χ3v) is 4.58. The van der Waals surface area contributed by atoms with Crippen molar-refractivity contribution in [1.82, 2.24) is 9.38 Å². The van der Waals surface area contributed by atoms with E-state index in [1.165, 1.54) is 10.6 Å². The lowest BCUT2D eigenvalue weighted by Crippen LogP contribution is -2.17. The summed E-state index contributed by atoms with van der Waals surface area (Å²) < 4.78 is 1.29. The van der Waals surface area contributed by atoms with Crippen molar-refractivity contribution in [3.8, 4) is 0 Å². The second-order valence-electron chi connectivity index (χ2n) is 5.17. The molecule has 0 amide bonds. The number of carboxylic acids is 1. The number of aromatic nitrogens is 2. The van der Waals surface area contributed by atoms with Gasteiger partial charge in [0.1, 0.15) is 4.88 Å². The number of fused-ring (bicyclic) bond motifs is 1. The Labute approximate surface area is 136 Å². The Balaban J connectivity index is 2.11. The fourth-order valence-corrected chi connectivity index (χ4v) is 3.07. The molecule has 0 spiro atoms. The molecule has 2 heterocycles. The minimum atomic E-state index is -1.06. The van der Waals surface area contributed by atoms with E-state index in [4.69, 9.17) is 5.11 Å². The Bertz CT molecular complexity index is 999. The maximum absolute atomic E-state index is 12.4. The van der Waals surface area contributed by atoms with Crippen molar-refractivity contribution in [2.75, 3.05) is 0 Å². The maximum Gasteiger partial charge on any atom is 0.347 e. The number of benzene rings is 1. The summed E-state index contributed by atoms with van der Waals surface area (Å²) in [6.07, 6.45) is 5.02. The van der Waals surface area contributed by atoms with E-state index in [1.54, 1.807) is 13.0 Å². The molecular formula is C17H14N2O3S. The van der Waals surface area contributed by atoms with Crippen LogP contribution in [0, 0.1) is 13.8 Å². The van der Waals surface area contributed by atoms with Crippen LogP contribution in [0.15, 0.2) is 35.3 Å². The molecule has 2 aromatic heterocycles. The largest absolute Gasteiger partial charge is 0.477 e. The van der Waals surface area contributed by atoms with Crippen LogP contribution < -0.4 is 5.56 Å². The summed E-state index contributed by atoms with van der Waals surface area (Å²) in [5.41, 5.74) is 2.97. The molecular weight excluding hydrogens is 312 g/mol. The Morgan fingerprint density at radius 1 is 1.26 bits per heavy atom. The smallest absolute Gasteiger partial charge is 0.347 e. The predicted molar refractivity (Wildman–Crippen MR) is 91.1 cm³/mol. The molecule has 0 aliphatic carbocycles. The minimum Gasteiger partial charge on any atom is -0.477 e. The number of aromatic carboxylic acids is 1. The summed E-state index contributed by atoms with van der Waals surface area (Å²) in [6.45, 7) is 3.70. The second-order valence-corrected chi connectivity index (χ2v) is 6.18. The first-order valence-electron chi connectivity index (χ1n) is 6.97. The quantitative estimate of drug-likeness (QED) is 0.802. The van der Waals surface area contributed by atoms with Crippen LogP contribution in [0.3, 0.4) is 0 Å². The number of hydrogen-bond acceptors (Lipinski definition) is 4. The number of carboxylic acid groups (broad SMARTS) is 1. The molecule has 116 valence electrons. The third-order valence-electron chi connectivity index (χ3n) is 3.61. The highest BCUT2D eigenvalue weighted by atomic mass is 32.1. The van der Waals surface area contributed by atoms with Gasteiger partial charge < -0.3 is 5.11 Å². The van der Waals surface area contributed by atoms with Crippen LogP contribution in [0.2, 0.25) is 0 Å². The van der Waals surface area contributed by atoms with Gasteiger partial charge in [-0.2, -0.15) is 0 Å². The highest BCUT2D eigenvalue weighted by Crippen LogP contribution is 2.18. The lowest BCUT2D eigenvalue weighted by Gasteiger charge is -2.01. The van der Waals surface area contributed by atoms with Gasteiger partial charge in [-0.1, -0.05) is 41.7 Å². The number of thiazole rings is 1. The molecule has 0 radical (unpaired) electrons. The van der Waals surface area contributed by atoms with E-state index in [1.807, 2.05) is 37.3 Å². The molecule has 0 aliphatic rings. The molecule has 0 atom stereocenters. The number of hydrogen-bond donors (Lipinski definition) is 1. The fourth-order valence-electron chi connectivity index (χ4n) is 2.25. The lowest BCUT2D eigenvalue weighted by atomic mass is 10.1. The molecule has 0 unspecified atom stereocenters. The molecule has 6 heteroatoms. The summed E-state index contributed by atoms with van der Waals surface area (Å²) in [5.74, 6) is -1.06. The van der Waals surface area contributed by atoms with Crippen molar-refractivity contribution >= 4 is 34.4 Å². The first-order chi connectivity index (χ1) is 11.0. The topological polar surface area (TPSA) is 71.7 Å². The van der Waals surface area contributed by atoms with Crippen LogP contribution in [0.25, 0.3) is 17.1 Å². The molecule has 3 aromatic rings. The minimum absolute atomic E-state index is 0.0917. The van der Waals surface area contributed by atoms with Gasteiger partial charge in [-0.15, -0.1) is 0 Å². The van der Waals surface area contributed by atoms with E-state index in [9.17, 15) is 9.59 Å². The number of nitrogens with zero attached hydrogens (tertiary/aromatic N) is 2. The summed E-state index contributed by atoms with van der Waals surface area (Å²) in [7, 11) is 0. The van der Waals surface area contributed by atoms with Gasteiger partial charge in [-0.05, 0) is 31.1 Å². The standard InChI is InChI=1S/C17H14N2O3S/c1-10-5-3-4-6-12(10)7-8-13-11(2)15(20)19-9-14(16(21)22)23-17(19)18-13/h3-9H,1-2H3,(H,21,22). The van der Waals surface area contributed by atoms with Crippen molar-refractivity contribution in [3.63, 3.8) is 0 Å². The number of aryl methyl sites for hydroxylation is 1. The number of rotatable bonds is 3. The van der Waals surface area contributed by atoms with Crippen molar-refractivity contribution in [3.05, 3.63) is 68.1 Å². The molecule has 0 bridgehead atoms. The molecule has 3 rings (SSSR count). The van der Waals surface area contributed by atoms with Gasteiger partial charge in [0.25, 0.3) is 5.56 Å². The van der Waals surface area contributed by atoms with E-state index in [0.717, 1.165) is 22.5 Å². The summed E-state index contributed by atoms with van der Waals surface area (Å²) in [5, 5.41) is 9.05. The Kier molecular flexibility index (Phi) is 3.83. The van der Waals surface area contributed by atoms with E-state index in [-0.39, 0.29) is 10.4 Å². The molecule has 1 aromatic carbocycles. The highest BCUT2D eigenvalue weighted by Gasteiger charge is 2.13. The van der Waals surface area contributed by atoms with Gasteiger partial charge in [0.15, 0.2) is 4.96 Å². The zero-order valence-electron chi connectivity index (χ0n) is 12.6. The van der Waals surface area contributed by atoms with Crippen LogP contribution in [0.4, 0.5) is 0 Å². The monoisotopic (exact) mass is 326 g/mol. The summed E-state index contributed by atoms with van der Waals surface area (Å²) >= 11 is 0.986. The van der Waals surface area contributed by atoms with Crippen LogP contribution in [0.1, 0.15) is 32.1 Å². The predicted octanol–water partition coefficient (Wildman–Crippen LogP) is 3.24. The lowest BCUT2D eigenvalue weighted by molar-refractivity contribution is 0.0701. The zero-order chi connectivity index (χ0) is 16.6. The van der Waals surface area contributed by atoms with Gasteiger partial charge in [-0.25, -0.2) is 9.78 Å². The Morgan fingerprint density at radius 3 is 2.70 bits per heavy atom. The normalized spacial score (nSPS) is 11.4. The van der Waals surface area contributed by atoms with Crippen molar-refractivity contribution in [2.45, 2.75) is 13.8 Å². The molecule has 5 nitrogen and oxygen atoms in total. The molecule has 23 heavy (non-hydrogen) atoms. The SMILES string of the molecule is Cc1ccccc1C=Cc1nc2sc(C(=O)O)cn2c(=O)c1C. The molecule has 1 N–H and O–H groups in total. The van der Waals surface area contributed by atoms with Gasteiger partial charge in [0.2, 0.25) is 0 Å². The van der Waals surface area contributed by atoms with Gasteiger partial charge >= 0.3 is 5.97 Å². The Morgan fingerprint density at radius 2 is 2.00 bits per heavy atom. The van der Waals surface area contributed by atoms with Crippen LogP contribution in [0.5, 0.6) is 0 Å². The zero-order valence-corrected chi connectivity index (χ0v) is 13.4. The fraction of sp³-hybridized carbons (Fsp3) is 0.118. The second kappa shape index (κ2) is 5.81. The van der Waals surface area contributed by atoms with Crippen molar-refractivity contribution in [2.24, 2.45) is 0 Å². The van der Waals surface area contributed by atoms with Crippen molar-refractivity contribution < 1.29 is 9.90 Å². The number of carbonyl (C=O) groups is 1. The van der Waals surface area contributed by atoms with E-state index < -0.39 is 5.97 Å².